The summed E-state index contributed by atoms with van der Waals surface area (Å²) in [4.78, 5) is 28.7. The molecule has 6 heteroatoms. The lowest BCUT2D eigenvalue weighted by atomic mass is 10.1. The molecular formula is C26H21N3O3. The molecule has 0 aliphatic carbocycles. The van der Waals surface area contributed by atoms with Crippen molar-refractivity contribution in [3.8, 4) is 5.75 Å². The molecule has 2 N–H and O–H groups in total. The number of pyridine rings is 1. The van der Waals surface area contributed by atoms with Crippen molar-refractivity contribution >= 4 is 40.0 Å². The van der Waals surface area contributed by atoms with Gasteiger partial charge in [-0.1, -0.05) is 18.2 Å². The molecule has 0 unspecified atom stereocenters. The number of benzene rings is 3. The number of nitrogens with zero attached hydrogens (tertiary/aromatic N) is 1. The van der Waals surface area contributed by atoms with Crippen LogP contribution in [-0.4, -0.2) is 23.9 Å². The average molecular weight is 423 g/mol. The summed E-state index contributed by atoms with van der Waals surface area (Å²) in [7, 11) is 1.58. The number of rotatable bonds is 6. The molecule has 0 aliphatic rings. The molecule has 2 amide bonds. The molecule has 3 aromatic carbocycles. The molecule has 0 aliphatic heterocycles. The van der Waals surface area contributed by atoms with Gasteiger partial charge in [0.15, 0.2) is 0 Å². The summed E-state index contributed by atoms with van der Waals surface area (Å²) >= 11 is 0. The lowest BCUT2D eigenvalue weighted by molar-refractivity contribution is -0.111. The smallest absolute Gasteiger partial charge is 0.255 e. The van der Waals surface area contributed by atoms with Gasteiger partial charge >= 0.3 is 0 Å². The molecule has 32 heavy (non-hydrogen) atoms. The molecular weight excluding hydrogens is 402 g/mol. The van der Waals surface area contributed by atoms with E-state index in [0.717, 1.165) is 22.0 Å². The molecule has 6 nitrogen and oxygen atoms in total. The first-order chi connectivity index (χ1) is 15.6. The van der Waals surface area contributed by atoms with Gasteiger partial charge in [0.25, 0.3) is 5.91 Å². The zero-order valence-corrected chi connectivity index (χ0v) is 17.4. The van der Waals surface area contributed by atoms with Crippen LogP contribution in [0.1, 0.15) is 15.9 Å². The van der Waals surface area contributed by atoms with Crippen molar-refractivity contribution in [2.75, 3.05) is 17.7 Å². The van der Waals surface area contributed by atoms with Gasteiger partial charge in [-0.2, -0.15) is 0 Å². The van der Waals surface area contributed by atoms with Crippen LogP contribution in [0.3, 0.4) is 0 Å². The first-order valence-electron chi connectivity index (χ1n) is 9.99. The van der Waals surface area contributed by atoms with E-state index in [9.17, 15) is 9.59 Å². The van der Waals surface area contributed by atoms with E-state index in [1.54, 1.807) is 62.0 Å². The van der Waals surface area contributed by atoms with Crippen LogP contribution in [0.4, 0.5) is 11.4 Å². The third-order valence-electron chi connectivity index (χ3n) is 4.86. The second kappa shape index (κ2) is 9.57. The Kier molecular flexibility index (Phi) is 6.22. The van der Waals surface area contributed by atoms with Crippen LogP contribution in [0.2, 0.25) is 0 Å². The van der Waals surface area contributed by atoms with Crippen molar-refractivity contribution in [1.82, 2.24) is 4.98 Å². The van der Waals surface area contributed by atoms with E-state index >= 15 is 0 Å². The summed E-state index contributed by atoms with van der Waals surface area (Å²) in [5.41, 5.74) is 2.76. The number of nitrogens with one attached hydrogen (secondary N) is 2. The number of methoxy groups -OCH3 is 1. The number of anilines is 2. The molecule has 0 spiro atoms. The fraction of sp³-hybridized carbons (Fsp3) is 0.0385. The number of ether oxygens (including phenoxy) is 1. The van der Waals surface area contributed by atoms with Gasteiger partial charge in [-0.15, -0.1) is 0 Å². The van der Waals surface area contributed by atoms with Crippen molar-refractivity contribution in [2.24, 2.45) is 0 Å². The summed E-state index contributed by atoms with van der Waals surface area (Å²) in [6, 6.07) is 21.7. The van der Waals surface area contributed by atoms with Gasteiger partial charge in [0.05, 0.1) is 7.11 Å². The van der Waals surface area contributed by atoms with Gasteiger partial charge in [0.1, 0.15) is 5.75 Å². The zero-order chi connectivity index (χ0) is 22.3. The Balaban J connectivity index is 1.34. The first kappa shape index (κ1) is 20.8. The Labute approximate surface area is 185 Å². The summed E-state index contributed by atoms with van der Waals surface area (Å²) in [6.07, 6.45) is 6.69. The van der Waals surface area contributed by atoms with E-state index in [1.807, 2.05) is 36.4 Å². The highest BCUT2D eigenvalue weighted by atomic mass is 16.5. The van der Waals surface area contributed by atoms with E-state index < -0.39 is 0 Å². The number of carbonyl (C=O) groups is 2. The fourth-order valence-electron chi connectivity index (χ4n) is 3.14. The van der Waals surface area contributed by atoms with Gasteiger partial charge in [0.2, 0.25) is 5.91 Å². The van der Waals surface area contributed by atoms with Crippen LogP contribution in [0.25, 0.3) is 16.8 Å². The maximum Gasteiger partial charge on any atom is 0.255 e. The second-order valence-corrected chi connectivity index (χ2v) is 7.06. The molecule has 0 radical (unpaired) electrons. The monoisotopic (exact) mass is 423 g/mol. The van der Waals surface area contributed by atoms with Crippen LogP contribution in [0.5, 0.6) is 5.75 Å². The van der Waals surface area contributed by atoms with Gasteiger partial charge in [0, 0.05) is 40.8 Å². The van der Waals surface area contributed by atoms with Crippen LogP contribution >= 0.6 is 0 Å². The Bertz CT molecular complexity index is 1280. The molecule has 0 atom stereocenters. The Morgan fingerprint density at radius 2 is 1.59 bits per heavy atom. The summed E-state index contributed by atoms with van der Waals surface area (Å²) in [5, 5.41) is 7.73. The Morgan fingerprint density at radius 3 is 2.34 bits per heavy atom. The van der Waals surface area contributed by atoms with Crippen LogP contribution in [0, 0.1) is 0 Å². The van der Waals surface area contributed by atoms with E-state index in [2.05, 4.69) is 15.6 Å². The Hall–Kier alpha value is -4.45. The molecule has 0 fully saturated rings. The maximum absolute atomic E-state index is 12.3. The van der Waals surface area contributed by atoms with Gasteiger partial charge in [-0.3, -0.25) is 14.6 Å². The zero-order valence-electron chi connectivity index (χ0n) is 17.4. The normalized spacial score (nSPS) is 10.8. The van der Waals surface area contributed by atoms with Crippen LogP contribution in [0.15, 0.2) is 91.3 Å². The minimum Gasteiger partial charge on any atom is -0.497 e. The lowest BCUT2D eigenvalue weighted by Crippen LogP contribution is -2.11. The van der Waals surface area contributed by atoms with Crippen molar-refractivity contribution in [1.29, 1.82) is 0 Å². The predicted molar refractivity (Wildman–Crippen MR) is 127 cm³/mol. The summed E-state index contributed by atoms with van der Waals surface area (Å²) in [5.74, 6) is 0.261. The molecule has 1 heterocycles. The van der Waals surface area contributed by atoms with Gasteiger partial charge in [-0.25, -0.2) is 0 Å². The maximum atomic E-state index is 12.3. The molecule has 0 saturated heterocycles. The van der Waals surface area contributed by atoms with Gasteiger partial charge in [-0.05, 0) is 71.6 Å². The topological polar surface area (TPSA) is 80.3 Å². The quantitative estimate of drug-likeness (QED) is 0.421. The van der Waals surface area contributed by atoms with E-state index in [1.165, 1.54) is 6.08 Å². The van der Waals surface area contributed by atoms with Gasteiger partial charge < -0.3 is 15.4 Å². The summed E-state index contributed by atoms with van der Waals surface area (Å²) in [6.45, 7) is 0. The average Bonchev–Trinajstić information content (AvgIpc) is 2.83. The van der Waals surface area contributed by atoms with Crippen LogP contribution < -0.4 is 15.4 Å². The number of carbonyl (C=O) groups excluding carboxylic acids is 2. The van der Waals surface area contributed by atoms with E-state index in [-0.39, 0.29) is 11.8 Å². The number of hydrogen-bond donors (Lipinski definition) is 2. The fourth-order valence-corrected chi connectivity index (χ4v) is 3.14. The summed E-state index contributed by atoms with van der Waals surface area (Å²) < 4.78 is 5.10. The first-order valence-corrected chi connectivity index (χ1v) is 9.99. The van der Waals surface area contributed by atoms with E-state index in [0.29, 0.717) is 17.0 Å². The molecule has 4 aromatic rings. The van der Waals surface area contributed by atoms with Crippen molar-refractivity contribution in [3.05, 3.63) is 102 Å². The highest BCUT2D eigenvalue weighted by Gasteiger charge is 2.06. The molecule has 0 bridgehead atoms. The highest BCUT2D eigenvalue weighted by molar-refractivity contribution is 6.05. The highest BCUT2D eigenvalue weighted by Crippen LogP contribution is 2.18. The SMILES string of the molecule is COc1ccc(C(=O)Nc2ccc(C=CC(=O)Nc3ccc4cnccc4c3)cc2)cc1. The molecule has 1 aromatic heterocycles. The number of amides is 2. The minimum atomic E-state index is -0.227. The molecule has 158 valence electrons. The van der Waals surface area contributed by atoms with Crippen LogP contribution in [-0.2, 0) is 4.79 Å². The van der Waals surface area contributed by atoms with Crippen molar-refractivity contribution in [2.45, 2.75) is 0 Å². The second-order valence-electron chi connectivity index (χ2n) is 7.06. The number of aromatic nitrogens is 1. The standard InChI is InChI=1S/C26H21N3O3/c1-32-24-11-6-19(7-12-24)26(31)29-22-8-2-18(3-9-22)4-13-25(30)28-23-10-5-21-17-27-15-14-20(21)16-23/h2-17H,1H3,(H,28,30)(H,29,31). The predicted octanol–water partition coefficient (Wildman–Crippen LogP) is 5.15. The number of fused-ring (bicyclic) bond motifs is 1. The third-order valence-corrected chi connectivity index (χ3v) is 4.86. The largest absolute Gasteiger partial charge is 0.497 e. The van der Waals surface area contributed by atoms with Crippen molar-refractivity contribution in [3.63, 3.8) is 0 Å². The minimum absolute atomic E-state index is 0.207. The van der Waals surface area contributed by atoms with E-state index in [4.69, 9.17) is 4.74 Å². The van der Waals surface area contributed by atoms with Crippen molar-refractivity contribution < 1.29 is 14.3 Å². The third kappa shape index (κ3) is 5.17. The Morgan fingerprint density at radius 1 is 0.844 bits per heavy atom. The molecule has 4 rings (SSSR count). The lowest BCUT2D eigenvalue weighted by Gasteiger charge is -2.06. The number of hydrogen-bond acceptors (Lipinski definition) is 4. The molecule has 0 saturated carbocycles.